The normalized spacial score (nSPS) is 10.8. The first-order valence-electron chi connectivity index (χ1n) is 5.42. The van der Waals surface area contributed by atoms with Gasteiger partial charge in [-0.05, 0) is 44.8 Å². The van der Waals surface area contributed by atoms with Crippen molar-refractivity contribution in [2.45, 2.75) is 33.3 Å². The topological polar surface area (TPSA) is 51.2 Å². The van der Waals surface area contributed by atoms with Gasteiger partial charge in [-0.3, -0.25) is 4.79 Å². The standard InChI is InChI=1S/C11H18N2O2S/c1-8(2)15-6-4-5-12-11(14)10-7-9(3)16-13-10/h7-8H,4-6H2,1-3H3,(H,12,14). The molecule has 0 aromatic carbocycles. The quantitative estimate of drug-likeness (QED) is 0.776. The molecule has 4 nitrogen and oxygen atoms in total. The number of rotatable bonds is 6. The van der Waals surface area contributed by atoms with E-state index in [0.29, 0.717) is 18.8 Å². The molecule has 1 aromatic heterocycles. The van der Waals surface area contributed by atoms with E-state index in [4.69, 9.17) is 4.74 Å². The van der Waals surface area contributed by atoms with E-state index < -0.39 is 0 Å². The van der Waals surface area contributed by atoms with Crippen LogP contribution >= 0.6 is 11.5 Å². The number of hydrogen-bond acceptors (Lipinski definition) is 4. The van der Waals surface area contributed by atoms with Crippen molar-refractivity contribution in [2.24, 2.45) is 0 Å². The average molecular weight is 242 g/mol. The van der Waals surface area contributed by atoms with Gasteiger partial charge in [0.2, 0.25) is 0 Å². The predicted octanol–water partition coefficient (Wildman–Crippen LogP) is 2.00. The Labute approximate surface area is 100 Å². The SMILES string of the molecule is Cc1cc(C(=O)NCCCOC(C)C)ns1. The third-order valence-electron chi connectivity index (χ3n) is 1.92. The maximum atomic E-state index is 11.5. The van der Waals surface area contributed by atoms with Crippen molar-refractivity contribution >= 4 is 17.4 Å². The largest absolute Gasteiger partial charge is 0.379 e. The summed E-state index contributed by atoms with van der Waals surface area (Å²) in [7, 11) is 0. The highest BCUT2D eigenvalue weighted by atomic mass is 32.1. The first-order valence-corrected chi connectivity index (χ1v) is 6.20. The second-order valence-electron chi connectivity index (χ2n) is 3.85. The lowest BCUT2D eigenvalue weighted by molar-refractivity contribution is 0.0756. The Kier molecular flexibility index (Phi) is 5.42. The monoisotopic (exact) mass is 242 g/mol. The minimum atomic E-state index is -0.103. The highest BCUT2D eigenvalue weighted by molar-refractivity contribution is 7.05. The van der Waals surface area contributed by atoms with Crippen LogP contribution in [0.25, 0.3) is 0 Å². The van der Waals surface area contributed by atoms with Crippen LogP contribution in [0, 0.1) is 6.92 Å². The number of ether oxygens (including phenoxy) is 1. The molecule has 0 aliphatic rings. The second kappa shape index (κ2) is 6.60. The molecular weight excluding hydrogens is 224 g/mol. The summed E-state index contributed by atoms with van der Waals surface area (Å²) in [6.45, 7) is 7.23. The summed E-state index contributed by atoms with van der Waals surface area (Å²) in [5.41, 5.74) is 0.507. The molecule has 0 aliphatic heterocycles. The lowest BCUT2D eigenvalue weighted by Gasteiger charge is -2.07. The molecule has 1 N–H and O–H groups in total. The first-order chi connectivity index (χ1) is 7.59. The highest BCUT2D eigenvalue weighted by Crippen LogP contribution is 2.07. The van der Waals surface area contributed by atoms with Crippen LogP contribution in [0.15, 0.2) is 6.07 Å². The molecule has 0 bridgehead atoms. The Morgan fingerprint density at radius 3 is 2.94 bits per heavy atom. The zero-order chi connectivity index (χ0) is 12.0. The molecular formula is C11H18N2O2S. The summed E-state index contributed by atoms with van der Waals surface area (Å²) in [6, 6.07) is 1.80. The Bertz CT molecular complexity index is 336. The maximum absolute atomic E-state index is 11.5. The average Bonchev–Trinajstić information content (AvgIpc) is 2.63. The van der Waals surface area contributed by atoms with Crippen molar-refractivity contribution in [1.29, 1.82) is 0 Å². The van der Waals surface area contributed by atoms with Crippen LogP contribution in [0.2, 0.25) is 0 Å². The fourth-order valence-electron chi connectivity index (χ4n) is 1.16. The molecule has 1 amide bonds. The zero-order valence-corrected chi connectivity index (χ0v) is 10.8. The number of aromatic nitrogens is 1. The first kappa shape index (κ1) is 13.1. The van der Waals surface area contributed by atoms with Gasteiger partial charge in [0.05, 0.1) is 6.10 Å². The molecule has 0 fully saturated rings. The van der Waals surface area contributed by atoms with Crippen molar-refractivity contribution in [3.05, 3.63) is 16.6 Å². The van der Waals surface area contributed by atoms with E-state index >= 15 is 0 Å². The Balaban J connectivity index is 2.16. The molecule has 0 saturated heterocycles. The minimum Gasteiger partial charge on any atom is -0.379 e. The van der Waals surface area contributed by atoms with E-state index in [-0.39, 0.29) is 12.0 Å². The van der Waals surface area contributed by atoms with Gasteiger partial charge in [-0.2, -0.15) is 4.37 Å². The molecule has 0 saturated carbocycles. The summed E-state index contributed by atoms with van der Waals surface area (Å²) in [5, 5.41) is 2.81. The lowest BCUT2D eigenvalue weighted by Crippen LogP contribution is -2.25. The molecule has 16 heavy (non-hydrogen) atoms. The van der Waals surface area contributed by atoms with Crippen LogP contribution in [0.1, 0.15) is 35.6 Å². The fourth-order valence-corrected chi connectivity index (χ4v) is 1.70. The molecule has 0 spiro atoms. The maximum Gasteiger partial charge on any atom is 0.270 e. The summed E-state index contributed by atoms with van der Waals surface area (Å²) >= 11 is 1.34. The summed E-state index contributed by atoms with van der Waals surface area (Å²) < 4.78 is 9.41. The van der Waals surface area contributed by atoms with E-state index in [2.05, 4.69) is 9.69 Å². The molecule has 90 valence electrons. The van der Waals surface area contributed by atoms with Crippen LogP contribution in [0.3, 0.4) is 0 Å². The highest BCUT2D eigenvalue weighted by Gasteiger charge is 2.07. The summed E-state index contributed by atoms with van der Waals surface area (Å²) in [4.78, 5) is 12.6. The van der Waals surface area contributed by atoms with Gasteiger partial charge in [-0.25, -0.2) is 0 Å². The van der Waals surface area contributed by atoms with Gasteiger partial charge in [-0.15, -0.1) is 0 Å². The number of nitrogens with zero attached hydrogens (tertiary/aromatic N) is 1. The molecule has 0 radical (unpaired) electrons. The molecule has 5 heteroatoms. The second-order valence-corrected chi connectivity index (χ2v) is 4.86. The van der Waals surface area contributed by atoms with Gasteiger partial charge in [0.25, 0.3) is 5.91 Å². The van der Waals surface area contributed by atoms with Gasteiger partial charge in [0.1, 0.15) is 5.69 Å². The van der Waals surface area contributed by atoms with Gasteiger partial charge in [0, 0.05) is 18.0 Å². The zero-order valence-electron chi connectivity index (χ0n) is 9.95. The van der Waals surface area contributed by atoms with Gasteiger partial charge in [-0.1, -0.05) is 0 Å². The number of carbonyl (C=O) groups is 1. The molecule has 1 rings (SSSR count). The Hall–Kier alpha value is -0.940. The van der Waals surface area contributed by atoms with Crippen LogP contribution in [0.4, 0.5) is 0 Å². The van der Waals surface area contributed by atoms with Crippen molar-refractivity contribution in [1.82, 2.24) is 9.69 Å². The number of nitrogens with one attached hydrogen (secondary N) is 1. The third kappa shape index (κ3) is 4.72. The van der Waals surface area contributed by atoms with Crippen LogP contribution < -0.4 is 5.32 Å². The molecule has 1 heterocycles. The number of hydrogen-bond donors (Lipinski definition) is 1. The van der Waals surface area contributed by atoms with Crippen molar-refractivity contribution in [3.8, 4) is 0 Å². The van der Waals surface area contributed by atoms with Crippen molar-refractivity contribution < 1.29 is 9.53 Å². The van der Waals surface area contributed by atoms with E-state index in [1.54, 1.807) is 6.07 Å². The molecule has 1 aromatic rings. The smallest absolute Gasteiger partial charge is 0.270 e. The van der Waals surface area contributed by atoms with Crippen LogP contribution in [-0.4, -0.2) is 29.5 Å². The lowest BCUT2D eigenvalue weighted by atomic mass is 10.3. The minimum absolute atomic E-state index is 0.103. The van der Waals surface area contributed by atoms with Crippen LogP contribution in [0.5, 0.6) is 0 Å². The molecule has 0 unspecified atom stereocenters. The number of aryl methyl sites for hydroxylation is 1. The van der Waals surface area contributed by atoms with Crippen LogP contribution in [-0.2, 0) is 4.74 Å². The van der Waals surface area contributed by atoms with E-state index in [1.165, 1.54) is 11.5 Å². The van der Waals surface area contributed by atoms with Crippen molar-refractivity contribution in [3.63, 3.8) is 0 Å². The predicted molar refractivity (Wildman–Crippen MR) is 64.9 cm³/mol. The summed E-state index contributed by atoms with van der Waals surface area (Å²) in [5.74, 6) is -0.103. The Morgan fingerprint density at radius 1 is 1.62 bits per heavy atom. The van der Waals surface area contributed by atoms with Gasteiger partial charge >= 0.3 is 0 Å². The fraction of sp³-hybridized carbons (Fsp3) is 0.636. The van der Waals surface area contributed by atoms with Crippen molar-refractivity contribution in [2.75, 3.05) is 13.2 Å². The van der Waals surface area contributed by atoms with Gasteiger partial charge in [0.15, 0.2) is 0 Å². The van der Waals surface area contributed by atoms with E-state index in [9.17, 15) is 4.79 Å². The van der Waals surface area contributed by atoms with E-state index in [1.807, 2.05) is 20.8 Å². The molecule has 0 aliphatic carbocycles. The van der Waals surface area contributed by atoms with E-state index in [0.717, 1.165) is 11.3 Å². The summed E-state index contributed by atoms with van der Waals surface area (Å²) in [6.07, 6.45) is 1.07. The number of carbonyl (C=O) groups excluding carboxylic acids is 1. The Morgan fingerprint density at radius 2 is 2.38 bits per heavy atom. The van der Waals surface area contributed by atoms with Gasteiger partial charge < -0.3 is 10.1 Å². The number of amides is 1. The third-order valence-corrected chi connectivity index (χ3v) is 2.61. The molecule has 0 atom stereocenters.